The first kappa shape index (κ1) is 16.5. The molecule has 2 heterocycles. The molecule has 1 aliphatic rings. The first-order valence-corrected chi connectivity index (χ1v) is 8.80. The van der Waals surface area contributed by atoms with E-state index in [2.05, 4.69) is 36.1 Å². The summed E-state index contributed by atoms with van der Waals surface area (Å²) in [6.45, 7) is 1.99. The van der Waals surface area contributed by atoms with Gasteiger partial charge in [0.2, 0.25) is 5.95 Å². The van der Waals surface area contributed by atoms with E-state index in [0.29, 0.717) is 11.6 Å². The first-order chi connectivity index (χ1) is 11.1. The van der Waals surface area contributed by atoms with E-state index in [4.69, 9.17) is 11.6 Å². The van der Waals surface area contributed by atoms with Gasteiger partial charge in [-0.3, -0.25) is 0 Å². The summed E-state index contributed by atoms with van der Waals surface area (Å²) in [4.78, 5) is 11.2. The van der Waals surface area contributed by atoms with Crippen LogP contribution in [0.4, 0.5) is 21.8 Å². The van der Waals surface area contributed by atoms with E-state index in [9.17, 15) is 4.39 Å². The van der Waals surface area contributed by atoms with Crippen LogP contribution in [-0.4, -0.2) is 23.1 Å². The van der Waals surface area contributed by atoms with E-state index in [1.807, 2.05) is 0 Å². The number of hydrogen-bond acceptors (Lipinski definition) is 4. The van der Waals surface area contributed by atoms with Crippen LogP contribution in [0.2, 0.25) is 5.02 Å². The molecule has 1 aromatic heterocycles. The molecule has 1 N–H and O–H groups in total. The molecule has 0 radical (unpaired) electrons. The summed E-state index contributed by atoms with van der Waals surface area (Å²) in [5.74, 6) is 0.909. The van der Waals surface area contributed by atoms with Crippen LogP contribution >= 0.6 is 27.5 Å². The summed E-state index contributed by atoms with van der Waals surface area (Å²) >= 11 is 9.34. The predicted molar refractivity (Wildman–Crippen MR) is 95.1 cm³/mol. The van der Waals surface area contributed by atoms with E-state index >= 15 is 0 Å². The van der Waals surface area contributed by atoms with Crippen molar-refractivity contribution in [2.24, 2.45) is 0 Å². The Morgan fingerprint density at radius 3 is 2.61 bits per heavy atom. The minimum Gasteiger partial charge on any atom is -0.356 e. The maximum atomic E-state index is 13.2. The van der Waals surface area contributed by atoms with Gasteiger partial charge in [-0.25, -0.2) is 9.37 Å². The van der Waals surface area contributed by atoms with Crippen molar-refractivity contribution in [2.75, 3.05) is 23.3 Å². The SMILES string of the molecule is Fc1ccc(Nc2ncc(Br)c(N3CCCCCC3)n2)cc1Cl. The summed E-state index contributed by atoms with van der Waals surface area (Å²) in [6.07, 6.45) is 6.61. The molecule has 0 unspecified atom stereocenters. The van der Waals surface area contributed by atoms with Gasteiger partial charge >= 0.3 is 0 Å². The van der Waals surface area contributed by atoms with Crippen LogP contribution in [0.25, 0.3) is 0 Å². The van der Waals surface area contributed by atoms with Gasteiger partial charge in [0.15, 0.2) is 0 Å². The zero-order valence-corrected chi connectivity index (χ0v) is 14.9. The van der Waals surface area contributed by atoms with Crippen LogP contribution in [0.15, 0.2) is 28.9 Å². The standard InChI is InChI=1S/C16H17BrClFN4/c17-12-10-20-16(21-11-5-6-14(19)13(18)9-11)22-15(12)23-7-3-1-2-4-8-23/h5-6,9-10H,1-4,7-8H2,(H,20,21,22). The maximum absolute atomic E-state index is 13.2. The van der Waals surface area contributed by atoms with Gasteiger partial charge in [0.1, 0.15) is 11.6 Å². The summed E-state index contributed by atoms with van der Waals surface area (Å²) < 4.78 is 14.1. The molecule has 7 heteroatoms. The second kappa shape index (κ2) is 7.45. The average molecular weight is 400 g/mol. The van der Waals surface area contributed by atoms with Crippen molar-refractivity contribution < 1.29 is 4.39 Å². The first-order valence-electron chi connectivity index (χ1n) is 7.63. The Morgan fingerprint density at radius 2 is 1.91 bits per heavy atom. The lowest BCUT2D eigenvalue weighted by Gasteiger charge is -2.22. The summed E-state index contributed by atoms with van der Waals surface area (Å²) in [5, 5.41) is 3.14. The fourth-order valence-electron chi connectivity index (χ4n) is 2.63. The number of rotatable bonds is 3. The van der Waals surface area contributed by atoms with Crippen molar-refractivity contribution in [3.63, 3.8) is 0 Å². The zero-order valence-electron chi connectivity index (χ0n) is 12.5. The van der Waals surface area contributed by atoms with Crippen molar-refractivity contribution >= 4 is 45.0 Å². The lowest BCUT2D eigenvalue weighted by Crippen LogP contribution is -2.25. The van der Waals surface area contributed by atoms with Crippen molar-refractivity contribution in [1.82, 2.24) is 9.97 Å². The lowest BCUT2D eigenvalue weighted by atomic mass is 10.2. The highest BCUT2D eigenvalue weighted by atomic mass is 79.9. The molecule has 0 amide bonds. The summed E-state index contributed by atoms with van der Waals surface area (Å²) in [7, 11) is 0. The zero-order chi connectivity index (χ0) is 16.2. The summed E-state index contributed by atoms with van der Waals surface area (Å²) in [5.41, 5.74) is 0.653. The smallest absolute Gasteiger partial charge is 0.229 e. The lowest BCUT2D eigenvalue weighted by molar-refractivity contribution is 0.628. The molecule has 2 aromatic rings. The molecule has 1 aromatic carbocycles. The Balaban J connectivity index is 1.82. The highest BCUT2D eigenvalue weighted by Gasteiger charge is 2.15. The van der Waals surface area contributed by atoms with Gasteiger partial charge in [-0.1, -0.05) is 24.4 Å². The third kappa shape index (κ3) is 4.12. The Bertz CT molecular complexity index is 690. The van der Waals surface area contributed by atoms with Crippen LogP contribution in [-0.2, 0) is 0 Å². The molecule has 122 valence electrons. The molecule has 1 saturated heterocycles. The van der Waals surface area contributed by atoms with Crippen LogP contribution in [0.5, 0.6) is 0 Å². The van der Waals surface area contributed by atoms with Gasteiger partial charge < -0.3 is 10.2 Å². The van der Waals surface area contributed by atoms with E-state index in [-0.39, 0.29) is 5.02 Å². The summed E-state index contributed by atoms with van der Waals surface area (Å²) in [6, 6.07) is 4.45. The fraction of sp³-hybridized carbons (Fsp3) is 0.375. The number of nitrogens with one attached hydrogen (secondary N) is 1. The number of benzene rings is 1. The maximum Gasteiger partial charge on any atom is 0.229 e. The molecule has 1 aliphatic heterocycles. The molecular weight excluding hydrogens is 383 g/mol. The molecule has 0 bridgehead atoms. The molecule has 0 atom stereocenters. The minimum atomic E-state index is -0.445. The van der Waals surface area contributed by atoms with Crippen molar-refractivity contribution in [3.8, 4) is 0 Å². The Hall–Kier alpha value is -1.40. The molecule has 4 nitrogen and oxygen atoms in total. The van der Waals surface area contributed by atoms with Crippen molar-refractivity contribution in [3.05, 3.63) is 39.7 Å². The van der Waals surface area contributed by atoms with Crippen LogP contribution in [0, 0.1) is 5.82 Å². The van der Waals surface area contributed by atoms with Crippen LogP contribution in [0.1, 0.15) is 25.7 Å². The molecular formula is C16H17BrClFN4. The molecule has 0 saturated carbocycles. The highest BCUT2D eigenvalue weighted by molar-refractivity contribution is 9.10. The van der Waals surface area contributed by atoms with Crippen LogP contribution < -0.4 is 10.2 Å². The van der Waals surface area contributed by atoms with E-state index in [1.165, 1.54) is 37.8 Å². The minimum absolute atomic E-state index is 0.0693. The van der Waals surface area contributed by atoms with Gasteiger partial charge in [0, 0.05) is 25.0 Å². The van der Waals surface area contributed by atoms with E-state index in [0.717, 1.165) is 23.4 Å². The van der Waals surface area contributed by atoms with E-state index in [1.54, 1.807) is 12.3 Å². The predicted octanol–water partition coefficient (Wildman–Crippen LogP) is 5.16. The second-order valence-electron chi connectivity index (χ2n) is 5.52. The molecule has 3 rings (SSSR count). The second-order valence-corrected chi connectivity index (χ2v) is 6.78. The Kier molecular flexibility index (Phi) is 5.33. The Morgan fingerprint density at radius 1 is 1.17 bits per heavy atom. The number of aromatic nitrogens is 2. The van der Waals surface area contributed by atoms with Gasteiger partial charge in [-0.15, -0.1) is 0 Å². The molecule has 1 fully saturated rings. The number of nitrogens with zero attached hydrogens (tertiary/aromatic N) is 3. The highest BCUT2D eigenvalue weighted by Crippen LogP contribution is 2.28. The third-order valence-corrected chi connectivity index (χ3v) is 4.66. The normalized spacial score (nSPS) is 15.3. The van der Waals surface area contributed by atoms with Crippen molar-refractivity contribution in [2.45, 2.75) is 25.7 Å². The number of hydrogen-bond donors (Lipinski definition) is 1. The molecule has 0 spiro atoms. The van der Waals surface area contributed by atoms with Gasteiger partial charge in [-0.05, 0) is 47.0 Å². The van der Waals surface area contributed by atoms with Crippen molar-refractivity contribution in [1.29, 1.82) is 0 Å². The fourth-order valence-corrected chi connectivity index (χ4v) is 3.25. The number of halogens is 3. The number of anilines is 3. The van der Waals surface area contributed by atoms with Crippen LogP contribution in [0.3, 0.4) is 0 Å². The third-order valence-electron chi connectivity index (χ3n) is 3.81. The quantitative estimate of drug-likeness (QED) is 0.774. The monoisotopic (exact) mass is 398 g/mol. The molecule has 23 heavy (non-hydrogen) atoms. The topological polar surface area (TPSA) is 41.1 Å². The van der Waals surface area contributed by atoms with Gasteiger partial charge in [-0.2, -0.15) is 4.98 Å². The van der Waals surface area contributed by atoms with E-state index < -0.39 is 5.82 Å². The average Bonchev–Trinajstić information content (AvgIpc) is 2.82. The molecule has 0 aliphatic carbocycles. The van der Waals surface area contributed by atoms with Gasteiger partial charge in [0.05, 0.1) is 9.50 Å². The Labute approximate surface area is 148 Å². The largest absolute Gasteiger partial charge is 0.356 e. The van der Waals surface area contributed by atoms with Gasteiger partial charge in [0.25, 0.3) is 0 Å².